The number of amides is 1. The number of fused-ring (bicyclic) bond motifs is 3. The first-order valence-electron chi connectivity index (χ1n) is 14.2. The Labute approximate surface area is 238 Å². The van der Waals surface area contributed by atoms with Gasteiger partial charge in [-0.15, -0.1) is 0 Å². The lowest BCUT2D eigenvalue weighted by Gasteiger charge is -2.61. The zero-order valence-electron chi connectivity index (χ0n) is 24.0. The molecule has 4 aliphatic rings. The van der Waals surface area contributed by atoms with Gasteiger partial charge in [0.2, 0.25) is 5.91 Å². The van der Waals surface area contributed by atoms with Gasteiger partial charge in [0.05, 0.1) is 17.2 Å². The van der Waals surface area contributed by atoms with Gasteiger partial charge in [0.25, 0.3) is 0 Å². The molecule has 10 nitrogen and oxygen atoms in total. The molecule has 2 saturated carbocycles. The Morgan fingerprint density at radius 3 is 2.27 bits per heavy atom. The second-order valence-electron chi connectivity index (χ2n) is 13.2. The zero-order chi connectivity index (χ0) is 30.2. The topological polar surface area (TPSA) is 164 Å². The molecular weight excluding hydrogens is 530 g/mol. The molecule has 1 heterocycles. The van der Waals surface area contributed by atoms with Crippen LogP contribution in [0.4, 0.5) is 5.69 Å². The van der Waals surface area contributed by atoms with E-state index in [4.69, 9.17) is 4.74 Å². The highest BCUT2D eigenvalue weighted by atomic mass is 16.5. The summed E-state index contributed by atoms with van der Waals surface area (Å²) in [6.45, 7) is 8.73. The highest BCUT2D eigenvalue weighted by Gasteiger charge is 2.76. The molecule has 0 spiro atoms. The van der Waals surface area contributed by atoms with Gasteiger partial charge in [-0.3, -0.25) is 28.8 Å². The number of hydrogen-bond acceptors (Lipinski definition) is 9. The molecule has 220 valence electrons. The van der Waals surface area contributed by atoms with Gasteiger partial charge in [-0.05, 0) is 55.6 Å². The van der Waals surface area contributed by atoms with Crippen LogP contribution in [0.2, 0.25) is 0 Å². The lowest BCUT2D eigenvalue weighted by atomic mass is 9.40. The quantitative estimate of drug-likeness (QED) is 0.366. The zero-order valence-corrected chi connectivity index (χ0v) is 24.0. The van der Waals surface area contributed by atoms with Crippen LogP contribution in [0, 0.1) is 40.4 Å². The summed E-state index contributed by atoms with van der Waals surface area (Å²) >= 11 is 0. The van der Waals surface area contributed by atoms with Crippen molar-refractivity contribution in [2.75, 3.05) is 18.5 Å². The van der Waals surface area contributed by atoms with E-state index in [2.05, 4.69) is 5.32 Å². The molecular formula is C31H37NO9. The Morgan fingerprint density at radius 2 is 1.68 bits per heavy atom. The number of phenolic OH excluding ortho intramolecular Hbond substituents is 1. The van der Waals surface area contributed by atoms with Gasteiger partial charge in [0, 0.05) is 30.5 Å². The molecule has 1 aromatic carbocycles. The summed E-state index contributed by atoms with van der Waals surface area (Å²) in [6.07, 6.45) is 1.20. The van der Waals surface area contributed by atoms with Crippen molar-refractivity contribution in [1.29, 1.82) is 0 Å². The summed E-state index contributed by atoms with van der Waals surface area (Å²) in [5, 5.41) is 25.9. The first kappa shape index (κ1) is 29.3. The molecule has 0 bridgehead atoms. The molecule has 5 rings (SSSR count). The normalized spacial score (nSPS) is 35.5. The third-order valence-corrected chi connectivity index (χ3v) is 10.1. The smallest absolute Gasteiger partial charge is 0.227 e. The first-order chi connectivity index (χ1) is 19.1. The standard InChI is InChI=1S/C31H37NO9/c1-14(2)21-24(35)19(15(3)33)26(37)31(40)27(38)22-25(36)20-17(12-29(22,4)13-30(21,31)5)6-7-18(23(20)34)32-28(39)16-8-10-41-11-9-16/h6-7,14,16,19,21-22,34,40H,8-13H2,1-5H3,(H,32,39)/t19?,21?,22?,29-,30-,31+/m1/s1. The fourth-order valence-corrected chi connectivity index (χ4v) is 8.42. The highest BCUT2D eigenvalue weighted by Crippen LogP contribution is 2.63. The second kappa shape index (κ2) is 9.66. The minimum atomic E-state index is -2.74. The average Bonchev–Trinajstić information content (AvgIpc) is 2.87. The summed E-state index contributed by atoms with van der Waals surface area (Å²) in [5.41, 5.74) is -5.03. The molecule has 3 fully saturated rings. The Morgan fingerprint density at radius 1 is 1.05 bits per heavy atom. The lowest BCUT2D eigenvalue weighted by molar-refractivity contribution is -0.205. The molecule has 3 N–H and O–H groups in total. The summed E-state index contributed by atoms with van der Waals surface area (Å²) in [4.78, 5) is 80.9. The number of phenols is 1. The Balaban J connectivity index is 1.59. The maximum absolute atomic E-state index is 14.3. The minimum Gasteiger partial charge on any atom is -0.505 e. The molecule has 41 heavy (non-hydrogen) atoms. The van der Waals surface area contributed by atoms with Crippen molar-refractivity contribution in [2.45, 2.75) is 65.9 Å². The number of hydrogen-bond donors (Lipinski definition) is 3. The number of carbonyl (C=O) groups is 6. The number of anilines is 1. The third-order valence-electron chi connectivity index (χ3n) is 10.1. The number of carbonyl (C=O) groups excluding carboxylic acids is 6. The van der Waals surface area contributed by atoms with Crippen molar-refractivity contribution in [2.24, 2.45) is 40.4 Å². The molecule has 3 unspecified atom stereocenters. The molecule has 0 aromatic heterocycles. The molecule has 10 heteroatoms. The number of aliphatic hydroxyl groups is 1. The molecule has 1 amide bonds. The summed E-state index contributed by atoms with van der Waals surface area (Å²) < 4.78 is 5.30. The van der Waals surface area contributed by atoms with Gasteiger partial charge in [0.15, 0.2) is 28.7 Å². The largest absolute Gasteiger partial charge is 0.505 e. The van der Waals surface area contributed by atoms with Crippen LogP contribution in [-0.4, -0.2) is 63.9 Å². The van der Waals surface area contributed by atoms with E-state index in [0.717, 1.165) is 6.92 Å². The number of benzene rings is 1. The van der Waals surface area contributed by atoms with Crippen LogP contribution in [0.25, 0.3) is 0 Å². The average molecular weight is 568 g/mol. The number of aromatic hydroxyl groups is 1. The van der Waals surface area contributed by atoms with Crippen molar-refractivity contribution in [3.05, 3.63) is 23.3 Å². The van der Waals surface area contributed by atoms with Gasteiger partial charge in [-0.1, -0.05) is 33.8 Å². The van der Waals surface area contributed by atoms with Crippen molar-refractivity contribution >= 4 is 40.5 Å². The van der Waals surface area contributed by atoms with Crippen LogP contribution >= 0.6 is 0 Å². The van der Waals surface area contributed by atoms with Gasteiger partial charge >= 0.3 is 0 Å². The van der Waals surface area contributed by atoms with Crippen LogP contribution in [0.1, 0.15) is 69.8 Å². The van der Waals surface area contributed by atoms with E-state index < -0.39 is 74.8 Å². The van der Waals surface area contributed by atoms with E-state index in [9.17, 15) is 39.0 Å². The first-order valence-corrected chi connectivity index (χ1v) is 14.2. The monoisotopic (exact) mass is 567 g/mol. The molecule has 1 aliphatic heterocycles. The molecule has 3 aliphatic carbocycles. The van der Waals surface area contributed by atoms with Gasteiger partial charge in [-0.2, -0.15) is 0 Å². The van der Waals surface area contributed by atoms with E-state index in [0.29, 0.717) is 31.6 Å². The highest BCUT2D eigenvalue weighted by molar-refractivity contribution is 6.32. The predicted octanol–water partition coefficient (Wildman–Crippen LogP) is 2.46. The summed E-state index contributed by atoms with van der Waals surface area (Å²) in [6, 6.07) is 3.15. The van der Waals surface area contributed by atoms with Gasteiger partial charge in [0.1, 0.15) is 17.5 Å². The van der Waals surface area contributed by atoms with E-state index >= 15 is 0 Å². The van der Waals surface area contributed by atoms with Crippen LogP contribution in [0.15, 0.2) is 12.1 Å². The number of ketones is 5. The molecule has 1 saturated heterocycles. The fraction of sp³-hybridized carbons (Fsp3) is 0.613. The minimum absolute atomic E-state index is 0.00790. The van der Waals surface area contributed by atoms with Gasteiger partial charge in [-0.25, -0.2) is 0 Å². The Bertz CT molecular complexity index is 1390. The fourth-order valence-electron chi connectivity index (χ4n) is 8.42. The Kier molecular flexibility index (Phi) is 6.89. The van der Waals surface area contributed by atoms with Gasteiger partial charge < -0.3 is 20.3 Å². The van der Waals surface area contributed by atoms with Crippen molar-refractivity contribution in [1.82, 2.24) is 0 Å². The molecule has 6 atom stereocenters. The van der Waals surface area contributed by atoms with E-state index in [-0.39, 0.29) is 35.9 Å². The third kappa shape index (κ3) is 3.97. The Hall–Kier alpha value is -3.24. The predicted molar refractivity (Wildman–Crippen MR) is 145 cm³/mol. The molecule has 0 radical (unpaired) electrons. The summed E-state index contributed by atoms with van der Waals surface area (Å²) in [7, 11) is 0. The van der Waals surface area contributed by atoms with E-state index in [1.165, 1.54) is 13.0 Å². The van der Waals surface area contributed by atoms with E-state index in [1.54, 1.807) is 26.8 Å². The van der Waals surface area contributed by atoms with Crippen molar-refractivity contribution in [3.63, 3.8) is 0 Å². The van der Waals surface area contributed by atoms with Crippen LogP contribution in [0.5, 0.6) is 5.75 Å². The van der Waals surface area contributed by atoms with Crippen LogP contribution < -0.4 is 5.32 Å². The van der Waals surface area contributed by atoms with E-state index in [1.807, 2.05) is 0 Å². The number of Topliss-reactive ketones (excluding diaryl/α,β-unsaturated/α-hetero) is 5. The SMILES string of the molecule is CC(=O)C1C(=O)C(C(C)C)[C@@]2(C)C[C@@]3(C)Cc4ccc(NC(=O)C5CCOCC5)c(O)c4C(=O)C3C(=O)[C@@]2(O)C1=O. The second-order valence-corrected chi connectivity index (χ2v) is 13.2. The summed E-state index contributed by atoms with van der Waals surface area (Å²) in [5.74, 6) is -10.1. The lowest BCUT2D eigenvalue weighted by Crippen LogP contribution is -2.76. The number of rotatable bonds is 4. The van der Waals surface area contributed by atoms with Crippen molar-refractivity contribution in [3.8, 4) is 5.75 Å². The maximum Gasteiger partial charge on any atom is 0.227 e. The van der Waals surface area contributed by atoms with Crippen molar-refractivity contribution < 1.29 is 43.7 Å². The maximum atomic E-state index is 14.3. The number of nitrogens with one attached hydrogen (secondary N) is 1. The molecule has 1 aromatic rings. The van der Waals surface area contributed by atoms with Crippen LogP contribution in [-0.2, 0) is 35.1 Å². The van der Waals surface area contributed by atoms with Crippen LogP contribution in [0.3, 0.4) is 0 Å². The number of ether oxygens (including phenoxy) is 1.